The lowest BCUT2D eigenvalue weighted by Crippen LogP contribution is -1.88. The molecule has 0 spiro atoms. The van der Waals surface area contributed by atoms with Crippen LogP contribution in [0.25, 0.3) is 6.08 Å². The van der Waals surface area contributed by atoms with E-state index < -0.39 is 0 Å². The van der Waals surface area contributed by atoms with Crippen LogP contribution in [-0.4, -0.2) is 12.4 Å². The molecule has 1 rings (SSSR count). The highest BCUT2D eigenvalue weighted by atomic mass is 79.9. The Balaban J connectivity index is 3.08. The van der Waals surface area contributed by atoms with Crippen LogP contribution in [0.2, 0.25) is 0 Å². The Morgan fingerprint density at radius 1 is 1.43 bits per heavy atom. The van der Waals surface area contributed by atoms with Gasteiger partial charge < -0.3 is 4.74 Å². The lowest BCUT2D eigenvalue weighted by Gasteiger charge is -2.07. The Labute approximate surface area is 101 Å². The molecule has 0 aliphatic rings. The fraction of sp³-hybridized carbons (Fsp3) is 0.273. The first-order valence-electron chi connectivity index (χ1n) is 4.25. The van der Waals surface area contributed by atoms with Gasteiger partial charge >= 0.3 is 0 Å². The quantitative estimate of drug-likeness (QED) is 0.760. The zero-order valence-corrected chi connectivity index (χ0v) is 11.4. The molecule has 0 saturated carbocycles. The van der Waals surface area contributed by atoms with Crippen molar-refractivity contribution < 1.29 is 4.74 Å². The number of aryl methyl sites for hydroxylation is 1. The molecule has 0 aliphatic heterocycles. The lowest BCUT2D eigenvalue weighted by molar-refractivity contribution is 0.411. The molecule has 0 aliphatic carbocycles. The van der Waals surface area contributed by atoms with Crippen LogP contribution >= 0.6 is 31.9 Å². The third-order valence-corrected chi connectivity index (χ3v) is 2.96. The van der Waals surface area contributed by atoms with Gasteiger partial charge in [0, 0.05) is 9.80 Å². The molecule has 0 radical (unpaired) electrons. The number of halogens is 2. The first kappa shape index (κ1) is 11.8. The molecule has 14 heavy (non-hydrogen) atoms. The van der Waals surface area contributed by atoms with E-state index in [1.807, 2.05) is 13.0 Å². The van der Waals surface area contributed by atoms with E-state index in [0.717, 1.165) is 21.1 Å². The Morgan fingerprint density at radius 3 is 2.71 bits per heavy atom. The molecule has 0 fully saturated rings. The molecule has 1 nitrogen and oxygen atoms in total. The van der Waals surface area contributed by atoms with E-state index >= 15 is 0 Å². The van der Waals surface area contributed by atoms with Crippen LogP contribution in [-0.2, 0) is 0 Å². The summed E-state index contributed by atoms with van der Waals surface area (Å²) in [5.41, 5.74) is 2.31. The van der Waals surface area contributed by atoms with E-state index in [-0.39, 0.29) is 0 Å². The first-order chi connectivity index (χ1) is 6.69. The van der Waals surface area contributed by atoms with Gasteiger partial charge in [-0.1, -0.05) is 44.0 Å². The largest absolute Gasteiger partial charge is 0.496 e. The van der Waals surface area contributed by atoms with Crippen LogP contribution in [0.3, 0.4) is 0 Å². The summed E-state index contributed by atoms with van der Waals surface area (Å²) in [7, 11) is 1.68. The molecule has 0 heterocycles. The Hall–Kier alpha value is -0.280. The Bertz CT molecular complexity index is 345. The van der Waals surface area contributed by atoms with Gasteiger partial charge in [-0.15, -0.1) is 0 Å². The molecule has 0 amide bonds. The average Bonchev–Trinajstić information content (AvgIpc) is 2.18. The van der Waals surface area contributed by atoms with Gasteiger partial charge in [-0.25, -0.2) is 0 Å². The Kier molecular flexibility index (Phi) is 4.69. The fourth-order valence-electron chi connectivity index (χ4n) is 1.20. The van der Waals surface area contributed by atoms with Gasteiger partial charge in [-0.05, 0) is 30.2 Å². The summed E-state index contributed by atoms with van der Waals surface area (Å²) in [5.74, 6) is 0.910. The van der Waals surface area contributed by atoms with Gasteiger partial charge in [0.1, 0.15) is 5.75 Å². The topological polar surface area (TPSA) is 9.23 Å². The summed E-state index contributed by atoms with van der Waals surface area (Å²) < 4.78 is 6.27. The number of ether oxygens (including phenoxy) is 1. The molecule has 0 N–H and O–H groups in total. The van der Waals surface area contributed by atoms with E-state index in [4.69, 9.17) is 4.74 Å². The van der Waals surface area contributed by atoms with Gasteiger partial charge in [0.25, 0.3) is 0 Å². The minimum absolute atomic E-state index is 0.866. The first-order valence-corrected chi connectivity index (χ1v) is 6.17. The second kappa shape index (κ2) is 5.56. The molecule has 76 valence electrons. The van der Waals surface area contributed by atoms with E-state index in [0.29, 0.717) is 0 Å². The highest BCUT2D eigenvalue weighted by Crippen LogP contribution is 2.27. The molecule has 0 atom stereocenters. The SMILES string of the molecule is COc1cc(Br)c(/C=C/CBr)cc1C. The molecule has 1 aromatic carbocycles. The van der Waals surface area contributed by atoms with Gasteiger partial charge in [0.2, 0.25) is 0 Å². The minimum atomic E-state index is 0.866. The predicted octanol–water partition coefficient (Wildman–Crippen LogP) is 4.17. The summed E-state index contributed by atoms with van der Waals surface area (Å²) >= 11 is 6.86. The van der Waals surface area contributed by atoms with E-state index in [1.165, 1.54) is 5.56 Å². The monoisotopic (exact) mass is 318 g/mol. The molecule has 0 aromatic heterocycles. The average molecular weight is 320 g/mol. The number of alkyl halides is 1. The number of benzene rings is 1. The number of rotatable bonds is 3. The van der Waals surface area contributed by atoms with Gasteiger partial charge in [0.05, 0.1) is 7.11 Å². The number of allylic oxidation sites excluding steroid dienone is 1. The summed E-state index contributed by atoms with van der Waals surface area (Å²) in [4.78, 5) is 0. The highest BCUT2D eigenvalue weighted by molar-refractivity contribution is 9.10. The summed E-state index contributed by atoms with van der Waals surface area (Å²) in [6, 6.07) is 4.09. The zero-order valence-electron chi connectivity index (χ0n) is 8.18. The second-order valence-corrected chi connectivity index (χ2v) is 4.40. The molecule has 3 heteroatoms. The third kappa shape index (κ3) is 2.85. The Morgan fingerprint density at radius 2 is 2.14 bits per heavy atom. The number of hydrogen-bond acceptors (Lipinski definition) is 1. The maximum Gasteiger partial charge on any atom is 0.122 e. The maximum atomic E-state index is 5.22. The van der Waals surface area contributed by atoms with Crippen molar-refractivity contribution in [1.82, 2.24) is 0 Å². The van der Waals surface area contributed by atoms with Crippen molar-refractivity contribution in [3.63, 3.8) is 0 Å². The van der Waals surface area contributed by atoms with Crippen molar-refractivity contribution in [1.29, 1.82) is 0 Å². The summed E-state index contributed by atoms with van der Waals surface area (Å²) in [5, 5.41) is 0.866. The fourth-order valence-corrected chi connectivity index (χ4v) is 1.85. The van der Waals surface area contributed by atoms with Crippen molar-refractivity contribution in [3.05, 3.63) is 33.8 Å². The lowest BCUT2D eigenvalue weighted by atomic mass is 10.1. The van der Waals surface area contributed by atoms with Gasteiger partial charge in [-0.3, -0.25) is 0 Å². The van der Waals surface area contributed by atoms with Crippen LogP contribution in [0.1, 0.15) is 11.1 Å². The number of hydrogen-bond donors (Lipinski definition) is 0. The summed E-state index contributed by atoms with van der Waals surface area (Å²) in [6.07, 6.45) is 4.14. The maximum absolute atomic E-state index is 5.22. The smallest absolute Gasteiger partial charge is 0.122 e. The van der Waals surface area contributed by atoms with E-state index in [1.54, 1.807) is 7.11 Å². The highest BCUT2D eigenvalue weighted by Gasteiger charge is 2.02. The molecule has 0 bridgehead atoms. The van der Waals surface area contributed by atoms with E-state index in [9.17, 15) is 0 Å². The summed E-state index contributed by atoms with van der Waals surface area (Å²) in [6.45, 7) is 2.04. The van der Waals surface area contributed by atoms with Crippen LogP contribution in [0.5, 0.6) is 5.75 Å². The van der Waals surface area contributed by atoms with Crippen LogP contribution in [0.15, 0.2) is 22.7 Å². The van der Waals surface area contributed by atoms with Crippen molar-refractivity contribution >= 4 is 37.9 Å². The third-order valence-electron chi connectivity index (χ3n) is 1.90. The molecule has 0 saturated heterocycles. The van der Waals surface area contributed by atoms with Crippen molar-refractivity contribution in [2.75, 3.05) is 12.4 Å². The van der Waals surface area contributed by atoms with E-state index in [2.05, 4.69) is 50.1 Å². The normalized spacial score (nSPS) is 10.9. The van der Waals surface area contributed by atoms with Crippen LogP contribution < -0.4 is 4.74 Å². The molecule has 1 aromatic rings. The van der Waals surface area contributed by atoms with Crippen LogP contribution in [0, 0.1) is 6.92 Å². The van der Waals surface area contributed by atoms with Gasteiger partial charge in [-0.2, -0.15) is 0 Å². The molecule has 0 unspecified atom stereocenters. The van der Waals surface area contributed by atoms with Crippen molar-refractivity contribution in [2.24, 2.45) is 0 Å². The molecular formula is C11H12Br2O. The number of methoxy groups -OCH3 is 1. The standard InChI is InChI=1S/C11H12Br2O/c1-8-6-9(4-3-5-12)10(13)7-11(8)14-2/h3-4,6-7H,5H2,1-2H3/b4-3+. The van der Waals surface area contributed by atoms with Crippen LogP contribution in [0.4, 0.5) is 0 Å². The minimum Gasteiger partial charge on any atom is -0.496 e. The predicted molar refractivity (Wildman–Crippen MR) is 68.3 cm³/mol. The second-order valence-electron chi connectivity index (χ2n) is 2.90. The van der Waals surface area contributed by atoms with Crippen molar-refractivity contribution in [2.45, 2.75) is 6.92 Å². The van der Waals surface area contributed by atoms with Crippen molar-refractivity contribution in [3.8, 4) is 5.75 Å². The van der Waals surface area contributed by atoms with Gasteiger partial charge in [0.15, 0.2) is 0 Å². The zero-order chi connectivity index (χ0) is 10.6. The molecular weight excluding hydrogens is 308 g/mol.